The SMILES string of the molecule is COC(=O)c1ccc2nc(/N=C/c3ccc(Br)cc3)sc2c1. The van der Waals surface area contributed by atoms with E-state index in [0.29, 0.717) is 10.7 Å². The lowest BCUT2D eigenvalue weighted by Crippen LogP contribution is -1.99. The third-order valence-electron chi connectivity index (χ3n) is 2.99. The largest absolute Gasteiger partial charge is 0.465 e. The van der Waals surface area contributed by atoms with Crippen LogP contribution in [0.1, 0.15) is 15.9 Å². The highest BCUT2D eigenvalue weighted by Gasteiger charge is 2.09. The van der Waals surface area contributed by atoms with E-state index in [4.69, 9.17) is 4.74 Å². The molecule has 6 heteroatoms. The van der Waals surface area contributed by atoms with Crippen molar-refractivity contribution in [2.75, 3.05) is 7.11 Å². The van der Waals surface area contributed by atoms with Gasteiger partial charge >= 0.3 is 5.97 Å². The molecule has 0 unspecified atom stereocenters. The molecule has 0 aliphatic carbocycles. The van der Waals surface area contributed by atoms with E-state index in [2.05, 4.69) is 25.9 Å². The lowest BCUT2D eigenvalue weighted by molar-refractivity contribution is 0.0601. The smallest absolute Gasteiger partial charge is 0.337 e. The summed E-state index contributed by atoms with van der Waals surface area (Å²) < 4.78 is 6.65. The number of esters is 1. The second-order valence-electron chi connectivity index (χ2n) is 4.48. The molecule has 22 heavy (non-hydrogen) atoms. The van der Waals surface area contributed by atoms with Crippen molar-refractivity contribution in [2.24, 2.45) is 4.99 Å². The summed E-state index contributed by atoms with van der Waals surface area (Å²) in [5, 5.41) is 0.653. The van der Waals surface area contributed by atoms with Gasteiger partial charge in [-0.15, -0.1) is 0 Å². The molecule has 0 bridgehead atoms. The number of thiazole rings is 1. The Hall–Kier alpha value is -2.05. The molecule has 0 radical (unpaired) electrons. The van der Waals surface area contributed by atoms with E-state index in [1.807, 2.05) is 24.3 Å². The average Bonchev–Trinajstić information content (AvgIpc) is 2.95. The average molecular weight is 375 g/mol. The molecule has 0 aliphatic heterocycles. The molecule has 1 aromatic heterocycles. The minimum atomic E-state index is -0.352. The second kappa shape index (κ2) is 6.37. The summed E-state index contributed by atoms with van der Waals surface area (Å²) in [5.41, 5.74) is 2.33. The minimum absolute atomic E-state index is 0.352. The van der Waals surface area contributed by atoms with Gasteiger partial charge in [0.25, 0.3) is 0 Å². The Balaban J connectivity index is 1.88. The lowest BCUT2D eigenvalue weighted by atomic mass is 10.2. The molecule has 0 amide bonds. The van der Waals surface area contributed by atoms with Crippen LogP contribution in [0.3, 0.4) is 0 Å². The van der Waals surface area contributed by atoms with Crippen LogP contribution in [0, 0.1) is 0 Å². The zero-order valence-corrected chi connectivity index (χ0v) is 14.0. The van der Waals surface area contributed by atoms with Gasteiger partial charge in [0.2, 0.25) is 5.13 Å². The number of ether oxygens (including phenoxy) is 1. The topological polar surface area (TPSA) is 51.5 Å². The second-order valence-corrected chi connectivity index (χ2v) is 6.41. The molecule has 0 fully saturated rings. The van der Waals surface area contributed by atoms with E-state index < -0.39 is 0 Å². The molecule has 0 saturated carbocycles. The van der Waals surface area contributed by atoms with Crippen LogP contribution in [0.5, 0.6) is 0 Å². The zero-order valence-electron chi connectivity index (χ0n) is 11.6. The normalized spacial score (nSPS) is 11.2. The van der Waals surface area contributed by atoms with Crippen molar-refractivity contribution in [3.8, 4) is 0 Å². The molecular formula is C16H11BrN2O2S. The minimum Gasteiger partial charge on any atom is -0.465 e. The van der Waals surface area contributed by atoms with Crippen LogP contribution < -0.4 is 0 Å². The molecule has 110 valence electrons. The number of rotatable bonds is 3. The number of aliphatic imine (C=N–C) groups is 1. The summed E-state index contributed by atoms with van der Waals surface area (Å²) in [4.78, 5) is 20.4. The Bertz CT molecular complexity index is 856. The maximum absolute atomic E-state index is 11.5. The molecular weight excluding hydrogens is 364 g/mol. The summed E-state index contributed by atoms with van der Waals surface area (Å²) in [6, 6.07) is 13.1. The first kappa shape index (κ1) is 14.9. The molecule has 0 aliphatic rings. The van der Waals surface area contributed by atoms with Gasteiger partial charge in [-0.2, -0.15) is 0 Å². The fourth-order valence-corrected chi connectivity index (χ4v) is 3.01. The Morgan fingerprint density at radius 2 is 2.05 bits per heavy atom. The van der Waals surface area contributed by atoms with Gasteiger partial charge in [0.05, 0.1) is 22.9 Å². The van der Waals surface area contributed by atoms with Crippen LogP contribution in [0.15, 0.2) is 51.9 Å². The van der Waals surface area contributed by atoms with E-state index in [1.54, 1.807) is 24.4 Å². The van der Waals surface area contributed by atoms with Crippen LogP contribution in [0.4, 0.5) is 5.13 Å². The Morgan fingerprint density at radius 3 is 2.77 bits per heavy atom. The molecule has 1 heterocycles. The highest BCUT2D eigenvalue weighted by Crippen LogP contribution is 2.29. The highest BCUT2D eigenvalue weighted by molar-refractivity contribution is 9.10. The van der Waals surface area contributed by atoms with Gasteiger partial charge in [0.1, 0.15) is 0 Å². The molecule has 4 nitrogen and oxygen atoms in total. The summed E-state index contributed by atoms with van der Waals surface area (Å²) in [7, 11) is 1.37. The summed E-state index contributed by atoms with van der Waals surface area (Å²) in [5.74, 6) is -0.352. The molecule has 3 rings (SSSR count). The fraction of sp³-hybridized carbons (Fsp3) is 0.0625. The third-order valence-corrected chi connectivity index (χ3v) is 4.45. The standard InChI is InChI=1S/C16H11BrN2O2S/c1-21-15(20)11-4-7-13-14(8-11)22-16(19-13)18-9-10-2-5-12(17)6-3-10/h2-9H,1H3/b18-9+. The van der Waals surface area contributed by atoms with Gasteiger partial charge < -0.3 is 4.74 Å². The van der Waals surface area contributed by atoms with Gasteiger partial charge in [0.15, 0.2) is 0 Å². The predicted octanol–water partition coefficient (Wildman–Crippen LogP) is 4.60. The van der Waals surface area contributed by atoms with Crippen LogP contribution in [0.25, 0.3) is 10.2 Å². The first-order chi connectivity index (χ1) is 10.7. The van der Waals surface area contributed by atoms with Crippen LogP contribution in [0.2, 0.25) is 0 Å². The number of fused-ring (bicyclic) bond motifs is 1. The van der Waals surface area contributed by atoms with E-state index >= 15 is 0 Å². The van der Waals surface area contributed by atoms with Crippen molar-refractivity contribution in [3.05, 3.63) is 58.1 Å². The Morgan fingerprint density at radius 1 is 1.27 bits per heavy atom. The van der Waals surface area contributed by atoms with E-state index in [-0.39, 0.29) is 5.97 Å². The molecule has 0 saturated heterocycles. The van der Waals surface area contributed by atoms with Crippen molar-refractivity contribution in [1.29, 1.82) is 0 Å². The number of carbonyl (C=O) groups is 1. The van der Waals surface area contributed by atoms with Gasteiger partial charge in [-0.3, -0.25) is 0 Å². The summed E-state index contributed by atoms with van der Waals surface area (Å²) in [6.45, 7) is 0. The molecule has 3 aromatic rings. The highest BCUT2D eigenvalue weighted by atomic mass is 79.9. The van der Waals surface area contributed by atoms with Gasteiger partial charge in [-0.1, -0.05) is 39.4 Å². The summed E-state index contributed by atoms with van der Waals surface area (Å²) in [6.07, 6.45) is 1.77. The van der Waals surface area contributed by atoms with E-state index in [9.17, 15) is 4.79 Å². The third kappa shape index (κ3) is 3.23. The summed E-state index contributed by atoms with van der Waals surface area (Å²) >= 11 is 4.83. The van der Waals surface area contributed by atoms with Gasteiger partial charge in [0, 0.05) is 10.7 Å². The molecule has 0 N–H and O–H groups in total. The van der Waals surface area contributed by atoms with Crippen LogP contribution >= 0.6 is 27.3 Å². The maximum atomic E-state index is 11.5. The van der Waals surface area contributed by atoms with Crippen molar-refractivity contribution < 1.29 is 9.53 Å². The predicted molar refractivity (Wildman–Crippen MR) is 92.4 cm³/mol. The number of benzene rings is 2. The molecule has 2 aromatic carbocycles. The number of aromatic nitrogens is 1. The lowest BCUT2D eigenvalue weighted by Gasteiger charge is -1.97. The number of nitrogens with zero attached hydrogens (tertiary/aromatic N) is 2. The Kier molecular flexibility index (Phi) is 4.31. The van der Waals surface area contributed by atoms with Crippen LogP contribution in [-0.2, 0) is 4.74 Å². The first-order valence-electron chi connectivity index (χ1n) is 6.44. The zero-order chi connectivity index (χ0) is 15.5. The fourth-order valence-electron chi connectivity index (χ4n) is 1.89. The van der Waals surface area contributed by atoms with E-state index in [1.165, 1.54) is 18.4 Å². The van der Waals surface area contributed by atoms with E-state index in [0.717, 1.165) is 20.3 Å². The number of methoxy groups -OCH3 is 1. The Labute approximate surface area is 139 Å². The molecule has 0 atom stereocenters. The van der Waals surface area contributed by atoms with Crippen molar-refractivity contribution in [2.45, 2.75) is 0 Å². The number of hydrogen-bond donors (Lipinski definition) is 0. The van der Waals surface area contributed by atoms with Crippen molar-refractivity contribution in [3.63, 3.8) is 0 Å². The number of carbonyl (C=O) groups excluding carboxylic acids is 1. The number of halogens is 1. The quantitative estimate of drug-likeness (QED) is 0.497. The van der Waals surface area contributed by atoms with Crippen LogP contribution in [-0.4, -0.2) is 24.3 Å². The monoisotopic (exact) mass is 374 g/mol. The number of hydrogen-bond acceptors (Lipinski definition) is 5. The maximum Gasteiger partial charge on any atom is 0.337 e. The van der Waals surface area contributed by atoms with Crippen molar-refractivity contribution in [1.82, 2.24) is 4.98 Å². The molecule has 0 spiro atoms. The first-order valence-corrected chi connectivity index (χ1v) is 8.05. The van der Waals surface area contributed by atoms with Gasteiger partial charge in [-0.05, 0) is 35.9 Å². The van der Waals surface area contributed by atoms with Gasteiger partial charge in [-0.25, -0.2) is 14.8 Å². The van der Waals surface area contributed by atoms with Crippen molar-refractivity contribution >= 4 is 54.8 Å².